The Labute approximate surface area is 264 Å². The molecule has 1 amide bonds. The van der Waals surface area contributed by atoms with Gasteiger partial charge in [0.05, 0.1) is 5.69 Å². The summed E-state index contributed by atoms with van der Waals surface area (Å²) < 4.78 is 99.3. The molecular weight excluding hydrogens is 621 g/mol. The van der Waals surface area contributed by atoms with Crippen molar-refractivity contribution >= 4 is 17.8 Å². The summed E-state index contributed by atoms with van der Waals surface area (Å²) in [5.41, 5.74) is 0.889. The summed E-state index contributed by atoms with van der Waals surface area (Å²) in [5.74, 6) is -9.15. The first kappa shape index (κ1) is 39.9. The van der Waals surface area contributed by atoms with Crippen molar-refractivity contribution in [2.75, 3.05) is 22.9 Å². The van der Waals surface area contributed by atoms with Crippen molar-refractivity contribution in [1.82, 2.24) is 0 Å². The molecule has 0 heterocycles. The smallest absolute Gasteiger partial charge is 0.462 e. The van der Waals surface area contributed by atoms with E-state index in [2.05, 4.69) is 12.7 Å². The molecule has 1 rings (SSSR count). The number of allylic oxidation sites excluding steroid dienone is 8. The van der Waals surface area contributed by atoms with E-state index >= 15 is 8.78 Å². The highest BCUT2D eigenvalue weighted by Gasteiger charge is 2.75. The number of benzene rings is 1. The van der Waals surface area contributed by atoms with Crippen molar-refractivity contribution < 1.29 is 50.8 Å². The molecule has 3 N–H and O–H groups in total. The lowest BCUT2D eigenvalue weighted by Gasteiger charge is -2.40. The molecular formula is C33H41F7N2O4. The minimum absolute atomic E-state index is 0.102. The number of aliphatic hydroxyl groups is 1. The van der Waals surface area contributed by atoms with Gasteiger partial charge in [-0.05, 0) is 66.4 Å². The number of amides is 1. The molecule has 6 nitrogen and oxygen atoms in total. The number of aliphatic hydroxyl groups excluding tert-OH is 1. The second-order valence-corrected chi connectivity index (χ2v) is 11.1. The third-order valence-corrected chi connectivity index (χ3v) is 6.67. The van der Waals surface area contributed by atoms with Gasteiger partial charge in [0.25, 0.3) is 0 Å². The van der Waals surface area contributed by atoms with Crippen LogP contribution in [0, 0.1) is 0 Å². The zero-order valence-electron chi connectivity index (χ0n) is 26.4. The van der Waals surface area contributed by atoms with Gasteiger partial charge in [-0.15, -0.1) is 0 Å². The van der Waals surface area contributed by atoms with Crippen LogP contribution in [0.25, 0.3) is 0 Å². The minimum Gasteiger partial charge on any atom is -0.509 e. The Morgan fingerprint density at radius 3 is 1.96 bits per heavy atom. The Morgan fingerprint density at radius 1 is 0.870 bits per heavy atom. The zero-order chi connectivity index (χ0) is 35.5. The number of rotatable bonds is 17. The SMILES string of the molecule is C=C(O)/C=C\C=C(\C)CN(c1c(O)cc(O)cc1N(C=O)C/C=C(\C)CC/C=C(\C)CCC=C(C)C)C(F)(F)C(F)(F)C(F)(F)F. The van der Waals surface area contributed by atoms with Gasteiger partial charge in [-0.2, -0.15) is 30.7 Å². The molecule has 0 aliphatic heterocycles. The monoisotopic (exact) mass is 662 g/mol. The number of nitrogens with zero attached hydrogens (tertiary/aromatic N) is 2. The quantitative estimate of drug-likeness (QED) is 0.0386. The summed E-state index contributed by atoms with van der Waals surface area (Å²) in [4.78, 5) is 12.1. The standard InChI is InChI=1S/C33H41F7N2O4/c1-22(2)10-7-11-23(3)12-8-13-24(4)16-17-41(21-43)28-18-27(45)19-29(46)30(28)42(20-25(5)14-9-15-26(6)44)33(39,40)31(34,35)32(36,37)38/h9-10,12,14-16,18-19,21,44-46H,6-8,11,13,17,20H2,1-5H3/b15-9-,23-12+,24-16+,25-14-. The maximum Gasteiger partial charge on any atom is 0.462 e. The summed E-state index contributed by atoms with van der Waals surface area (Å²) in [5, 5.41) is 29.9. The Morgan fingerprint density at radius 2 is 1.43 bits per heavy atom. The van der Waals surface area contributed by atoms with Crippen LogP contribution in [0.15, 0.2) is 83.2 Å². The first-order valence-corrected chi connectivity index (χ1v) is 14.2. The molecule has 1 aromatic carbocycles. The Hall–Kier alpha value is -4.16. The summed E-state index contributed by atoms with van der Waals surface area (Å²) in [6.45, 7) is 10.3. The van der Waals surface area contributed by atoms with Gasteiger partial charge in [-0.25, -0.2) is 0 Å². The van der Waals surface area contributed by atoms with Crippen LogP contribution in [0.5, 0.6) is 11.5 Å². The number of halogens is 7. The van der Waals surface area contributed by atoms with E-state index in [1.807, 2.05) is 26.8 Å². The lowest BCUT2D eigenvalue weighted by atomic mass is 10.1. The molecule has 0 radical (unpaired) electrons. The molecule has 256 valence electrons. The van der Waals surface area contributed by atoms with Crippen LogP contribution in [-0.2, 0) is 4.79 Å². The first-order chi connectivity index (χ1) is 21.1. The molecule has 0 atom stereocenters. The lowest BCUT2D eigenvalue weighted by Crippen LogP contribution is -2.61. The summed E-state index contributed by atoms with van der Waals surface area (Å²) in [6.07, 6.45) is 5.13. The van der Waals surface area contributed by atoms with Crippen LogP contribution in [0.3, 0.4) is 0 Å². The third-order valence-electron chi connectivity index (χ3n) is 6.67. The molecule has 0 unspecified atom stereocenters. The van der Waals surface area contributed by atoms with Crippen molar-refractivity contribution in [2.24, 2.45) is 0 Å². The third kappa shape index (κ3) is 11.3. The molecule has 0 aliphatic rings. The van der Waals surface area contributed by atoms with Gasteiger partial charge in [0.2, 0.25) is 6.41 Å². The largest absolute Gasteiger partial charge is 0.509 e. The van der Waals surface area contributed by atoms with Gasteiger partial charge in [-0.3, -0.25) is 9.69 Å². The van der Waals surface area contributed by atoms with Gasteiger partial charge < -0.3 is 20.2 Å². The van der Waals surface area contributed by atoms with E-state index in [4.69, 9.17) is 0 Å². The van der Waals surface area contributed by atoms with Crippen LogP contribution >= 0.6 is 0 Å². The topological polar surface area (TPSA) is 84.2 Å². The van der Waals surface area contributed by atoms with Crippen LogP contribution in [0.2, 0.25) is 0 Å². The molecule has 0 fully saturated rings. The molecule has 13 heteroatoms. The van der Waals surface area contributed by atoms with Gasteiger partial charge >= 0.3 is 18.1 Å². The van der Waals surface area contributed by atoms with E-state index in [0.29, 0.717) is 29.9 Å². The van der Waals surface area contributed by atoms with Crippen molar-refractivity contribution in [1.29, 1.82) is 0 Å². The average Bonchev–Trinajstić information content (AvgIpc) is 2.91. The van der Waals surface area contributed by atoms with Gasteiger partial charge in [-0.1, -0.05) is 59.3 Å². The predicted octanol–water partition coefficient (Wildman–Crippen LogP) is 9.65. The molecule has 0 bridgehead atoms. The van der Waals surface area contributed by atoms with Crippen LogP contribution in [0.4, 0.5) is 42.1 Å². The molecule has 0 saturated carbocycles. The number of phenols is 2. The highest BCUT2D eigenvalue weighted by molar-refractivity contribution is 5.89. The van der Waals surface area contributed by atoms with Crippen molar-refractivity contribution in [2.45, 2.75) is 78.4 Å². The molecule has 1 aromatic rings. The summed E-state index contributed by atoms with van der Waals surface area (Å²) >= 11 is 0. The van der Waals surface area contributed by atoms with Crippen molar-refractivity contribution in [3.8, 4) is 11.5 Å². The van der Waals surface area contributed by atoms with E-state index in [1.54, 1.807) is 6.92 Å². The van der Waals surface area contributed by atoms with E-state index in [0.717, 1.165) is 49.1 Å². The summed E-state index contributed by atoms with van der Waals surface area (Å²) in [7, 11) is 0. The number of phenolic OH excluding ortho intramolecular Hbond substituents is 2. The Balaban J connectivity index is 3.61. The number of carbonyl (C=O) groups is 1. The number of carbonyl (C=O) groups excluding carboxylic acids is 1. The predicted molar refractivity (Wildman–Crippen MR) is 167 cm³/mol. The van der Waals surface area contributed by atoms with E-state index in [1.165, 1.54) is 11.6 Å². The van der Waals surface area contributed by atoms with E-state index in [-0.39, 0.29) is 18.5 Å². The Kier molecular flexibility index (Phi) is 14.7. The van der Waals surface area contributed by atoms with Crippen LogP contribution in [-0.4, -0.2) is 53.0 Å². The number of aromatic hydroxyl groups is 2. The fourth-order valence-electron chi connectivity index (χ4n) is 4.16. The fraction of sp³-hybridized carbons (Fsp3) is 0.424. The number of hydrogen-bond donors (Lipinski definition) is 3. The Bertz CT molecular complexity index is 1370. The normalized spacial score (nSPS) is 13.6. The lowest BCUT2D eigenvalue weighted by molar-refractivity contribution is -0.353. The molecule has 0 spiro atoms. The molecule has 0 aromatic heterocycles. The van der Waals surface area contributed by atoms with Gasteiger partial charge in [0.1, 0.15) is 22.9 Å². The fourth-order valence-corrected chi connectivity index (χ4v) is 4.16. The maximum atomic E-state index is 15.4. The van der Waals surface area contributed by atoms with Gasteiger partial charge in [0, 0.05) is 25.2 Å². The van der Waals surface area contributed by atoms with Crippen LogP contribution in [0.1, 0.15) is 60.3 Å². The van der Waals surface area contributed by atoms with E-state index < -0.39 is 58.2 Å². The average molecular weight is 663 g/mol. The second-order valence-electron chi connectivity index (χ2n) is 11.1. The number of anilines is 2. The maximum absolute atomic E-state index is 15.4. The van der Waals surface area contributed by atoms with E-state index in [9.17, 15) is 42.1 Å². The highest BCUT2D eigenvalue weighted by Crippen LogP contribution is 2.53. The summed E-state index contributed by atoms with van der Waals surface area (Å²) in [6, 6.07) is -4.85. The van der Waals surface area contributed by atoms with Crippen LogP contribution < -0.4 is 9.80 Å². The first-order valence-electron chi connectivity index (χ1n) is 14.2. The van der Waals surface area contributed by atoms with Gasteiger partial charge in [0.15, 0.2) is 0 Å². The number of hydrogen-bond acceptors (Lipinski definition) is 5. The van der Waals surface area contributed by atoms with Crippen molar-refractivity contribution in [3.05, 3.63) is 83.2 Å². The number of alkyl halides is 7. The second kappa shape index (κ2) is 17.0. The molecule has 0 saturated heterocycles. The van der Waals surface area contributed by atoms with Crippen molar-refractivity contribution in [3.63, 3.8) is 0 Å². The molecule has 46 heavy (non-hydrogen) atoms. The molecule has 0 aliphatic carbocycles. The minimum atomic E-state index is -6.71. The zero-order valence-corrected chi connectivity index (χ0v) is 26.4. The highest BCUT2D eigenvalue weighted by atomic mass is 19.4.